The SMILES string of the molecule is Clc1ncc(Br)cc1NC1CCN(Cc2ccccc2)C1. The molecule has 0 radical (unpaired) electrons. The Hall–Kier alpha value is -1.10. The van der Waals surface area contributed by atoms with Crippen molar-refractivity contribution in [1.29, 1.82) is 0 Å². The van der Waals surface area contributed by atoms with E-state index in [2.05, 4.69) is 61.5 Å². The van der Waals surface area contributed by atoms with Crippen LogP contribution < -0.4 is 5.32 Å². The number of hydrogen-bond acceptors (Lipinski definition) is 3. The normalized spacial score (nSPS) is 18.9. The van der Waals surface area contributed by atoms with E-state index in [1.807, 2.05) is 6.07 Å². The second-order valence-electron chi connectivity index (χ2n) is 5.34. The molecule has 110 valence electrons. The summed E-state index contributed by atoms with van der Waals surface area (Å²) < 4.78 is 0.938. The number of hydrogen-bond donors (Lipinski definition) is 1. The number of halogens is 2. The fraction of sp³-hybridized carbons (Fsp3) is 0.312. The Balaban J connectivity index is 1.58. The van der Waals surface area contributed by atoms with E-state index >= 15 is 0 Å². The zero-order valence-corrected chi connectivity index (χ0v) is 13.9. The van der Waals surface area contributed by atoms with Gasteiger partial charge in [-0.2, -0.15) is 0 Å². The lowest BCUT2D eigenvalue weighted by Gasteiger charge is -2.18. The molecule has 21 heavy (non-hydrogen) atoms. The summed E-state index contributed by atoms with van der Waals surface area (Å²) >= 11 is 9.56. The molecule has 1 fully saturated rings. The van der Waals surface area contributed by atoms with Gasteiger partial charge >= 0.3 is 0 Å². The zero-order chi connectivity index (χ0) is 14.7. The lowest BCUT2D eigenvalue weighted by molar-refractivity contribution is 0.328. The van der Waals surface area contributed by atoms with Crippen molar-refractivity contribution in [3.63, 3.8) is 0 Å². The third kappa shape index (κ3) is 3.96. The molecule has 0 saturated carbocycles. The van der Waals surface area contributed by atoms with Gasteiger partial charge in [0.25, 0.3) is 0 Å². The van der Waals surface area contributed by atoms with Crippen molar-refractivity contribution < 1.29 is 0 Å². The van der Waals surface area contributed by atoms with Crippen molar-refractivity contribution in [2.75, 3.05) is 18.4 Å². The highest BCUT2D eigenvalue weighted by molar-refractivity contribution is 9.10. The molecule has 1 atom stereocenters. The molecule has 1 unspecified atom stereocenters. The van der Waals surface area contributed by atoms with E-state index in [4.69, 9.17) is 11.6 Å². The number of aromatic nitrogens is 1. The Morgan fingerprint density at radius 3 is 2.95 bits per heavy atom. The highest BCUT2D eigenvalue weighted by atomic mass is 79.9. The van der Waals surface area contributed by atoms with Gasteiger partial charge in [0.05, 0.1) is 5.69 Å². The first-order valence-corrected chi connectivity index (χ1v) is 8.21. The number of benzene rings is 1. The molecule has 0 spiro atoms. The van der Waals surface area contributed by atoms with E-state index in [-0.39, 0.29) is 0 Å². The number of pyridine rings is 1. The highest BCUT2D eigenvalue weighted by Crippen LogP contribution is 2.25. The maximum atomic E-state index is 6.13. The highest BCUT2D eigenvalue weighted by Gasteiger charge is 2.23. The fourth-order valence-corrected chi connectivity index (χ4v) is 3.17. The maximum absolute atomic E-state index is 6.13. The van der Waals surface area contributed by atoms with E-state index in [0.717, 1.165) is 36.2 Å². The van der Waals surface area contributed by atoms with Crippen LogP contribution in [0.2, 0.25) is 5.15 Å². The molecule has 3 nitrogen and oxygen atoms in total. The van der Waals surface area contributed by atoms with Crippen LogP contribution in [-0.4, -0.2) is 29.0 Å². The van der Waals surface area contributed by atoms with E-state index < -0.39 is 0 Å². The summed E-state index contributed by atoms with van der Waals surface area (Å²) in [6.45, 7) is 3.13. The van der Waals surface area contributed by atoms with Crippen LogP contribution in [0.3, 0.4) is 0 Å². The molecule has 0 aliphatic carbocycles. The number of rotatable bonds is 4. The van der Waals surface area contributed by atoms with Gasteiger partial charge in [-0.25, -0.2) is 4.98 Å². The zero-order valence-electron chi connectivity index (χ0n) is 11.6. The third-order valence-corrected chi connectivity index (χ3v) is 4.42. The van der Waals surface area contributed by atoms with Crippen LogP contribution in [0.25, 0.3) is 0 Å². The Bertz CT molecular complexity index is 606. The van der Waals surface area contributed by atoms with Gasteiger partial charge in [0, 0.05) is 36.3 Å². The van der Waals surface area contributed by atoms with Crippen LogP contribution in [-0.2, 0) is 6.54 Å². The molecular weight excluding hydrogens is 350 g/mol. The Labute approximate surface area is 138 Å². The van der Waals surface area contributed by atoms with E-state index in [1.54, 1.807) is 6.20 Å². The Morgan fingerprint density at radius 2 is 2.14 bits per heavy atom. The van der Waals surface area contributed by atoms with E-state index in [0.29, 0.717) is 11.2 Å². The van der Waals surface area contributed by atoms with E-state index in [9.17, 15) is 0 Å². The summed E-state index contributed by atoms with van der Waals surface area (Å²) in [7, 11) is 0. The molecule has 1 saturated heterocycles. The average Bonchev–Trinajstić information content (AvgIpc) is 2.91. The molecule has 2 aromatic rings. The smallest absolute Gasteiger partial charge is 0.152 e. The first-order valence-electron chi connectivity index (χ1n) is 7.04. The predicted octanol–water partition coefficient (Wildman–Crippen LogP) is 4.18. The molecule has 0 bridgehead atoms. The topological polar surface area (TPSA) is 28.2 Å². The first-order chi connectivity index (χ1) is 10.2. The number of anilines is 1. The number of likely N-dealkylation sites (tertiary alicyclic amines) is 1. The molecule has 3 rings (SSSR count). The third-order valence-electron chi connectivity index (χ3n) is 3.69. The molecule has 1 aliphatic heterocycles. The van der Waals surface area contributed by atoms with Crippen molar-refractivity contribution in [3.8, 4) is 0 Å². The molecule has 5 heteroatoms. The van der Waals surface area contributed by atoms with Crippen LogP contribution in [0.5, 0.6) is 0 Å². The minimum atomic E-state index is 0.419. The number of nitrogens with zero attached hydrogens (tertiary/aromatic N) is 2. The fourth-order valence-electron chi connectivity index (χ4n) is 2.68. The lowest BCUT2D eigenvalue weighted by atomic mass is 10.2. The first kappa shape index (κ1) is 14.8. The van der Waals surface area contributed by atoms with Crippen LogP contribution in [0, 0.1) is 0 Å². The molecular formula is C16H17BrClN3. The van der Waals surface area contributed by atoms with Gasteiger partial charge in [-0.3, -0.25) is 4.90 Å². The summed E-state index contributed by atoms with van der Waals surface area (Å²) in [5.74, 6) is 0. The summed E-state index contributed by atoms with van der Waals surface area (Å²) in [6, 6.07) is 13.0. The molecule has 1 aromatic carbocycles. The molecule has 2 heterocycles. The van der Waals surface area contributed by atoms with Crippen LogP contribution in [0.1, 0.15) is 12.0 Å². The second-order valence-corrected chi connectivity index (χ2v) is 6.62. The van der Waals surface area contributed by atoms with Gasteiger partial charge in [-0.1, -0.05) is 41.9 Å². The predicted molar refractivity (Wildman–Crippen MR) is 90.7 cm³/mol. The Kier molecular flexibility index (Phi) is 4.78. The van der Waals surface area contributed by atoms with Crippen LogP contribution in [0.15, 0.2) is 47.1 Å². The largest absolute Gasteiger partial charge is 0.378 e. The summed E-state index contributed by atoms with van der Waals surface area (Å²) in [4.78, 5) is 6.61. The molecule has 1 N–H and O–H groups in total. The second kappa shape index (κ2) is 6.77. The summed E-state index contributed by atoms with van der Waals surface area (Å²) in [6.07, 6.45) is 2.83. The lowest BCUT2D eigenvalue weighted by Crippen LogP contribution is -2.26. The van der Waals surface area contributed by atoms with Crippen molar-refractivity contribution in [2.45, 2.75) is 19.0 Å². The van der Waals surface area contributed by atoms with Crippen molar-refractivity contribution in [1.82, 2.24) is 9.88 Å². The van der Waals surface area contributed by atoms with Gasteiger partial charge in [0.2, 0.25) is 0 Å². The van der Waals surface area contributed by atoms with Crippen molar-refractivity contribution in [3.05, 3.63) is 57.8 Å². The van der Waals surface area contributed by atoms with Gasteiger partial charge < -0.3 is 5.32 Å². The minimum Gasteiger partial charge on any atom is -0.378 e. The number of nitrogens with one attached hydrogen (secondary N) is 1. The molecule has 0 amide bonds. The minimum absolute atomic E-state index is 0.419. The van der Waals surface area contributed by atoms with Crippen molar-refractivity contribution in [2.24, 2.45) is 0 Å². The van der Waals surface area contributed by atoms with Crippen LogP contribution >= 0.6 is 27.5 Å². The van der Waals surface area contributed by atoms with Crippen LogP contribution in [0.4, 0.5) is 5.69 Å². The Morgan fingerprint density at radius 1 is 1.33 bits per heavy atom. The summed E-state index contributed by atoms with van der Waals surface area (Å²) in [5.41, 5.74) is 2.26. The van der Waals surface area contributed by atoms with E-state index in [1.165, 1.54) is 5.56 Å². The van der Waals surface area contributed by atoms with Crippen molar-refractivity contribution >= 4 is 33.2 Å². The molecule has 1 aliphatic rings. The van der Waals surface area contributed by atoms with Gasteiger partial charge in [0.1, 0.15) is 0 Å². The van der Waals surface area contributed by atoms with Gasteiger partial charge in [-0.05, 0) is 34.0 Å². The standard InChI is InChI=1S/C16H17BrClN3/c17-13-8-15(16(18)19-9-13)20-14-6-7-21(11-14)10-12-4-2-1-3-5-12/h1-5,8-9,14,20H,6-7,10-11H2. The summed E-state index contributed by atoms with van der Waals surface area (Å²) in [5, 5.41) is 4.03. The molecule has 1 aromatic heterocycles. The quantitative estimate of drug-likeness (QED) is 0.823. The van der Waals surface area contributed by atoms with Gasteiger partial charge in [-0.15, -0.1) is 0 Å². The average molecular weight is 367 g/mol. The monoisotopic (exact) mass is 365 g/mol. The maximum Gasteiger partial charge on any atom is 0.152 e. The van der Waals surface area contributed by atoms with Gasteiger partial charge in [0.15, 0.2) is 5.15 Å².